The molecule has 14 nitrogen and oxygen atoms in total. The van der Waals surface area contributed by atoms with Crippen LogP contribution in [0.5, 0.6) is 0 Å². The van der Waals surface area contributed by atoms with Crippen molar-refractivity contribution in [2.45, 2.75) is 129 Å². The van der Waals surface area contributed by atoms with Crippen molar-refractivity contribution in [3.63, 3.8) is 0 Å². The number of ether oxygens (including phenoxy) is 2. The Kier molecular flexibility index (Phi) is 14.8. The van der Waals surface area contributed by atoms with Crippen LogP contribution in [0, 0.1) is 23.7 Å². The van der Waals surface area contributed by atoms with E-state index < -0.39 is 77.8 Å². The minimum atomic E-state index is -1.15. The third-order valence-electron chi connectivity index (χ3n) is 9.51. The Morgan fingerprint density at radius 2 is 1.40 bits per heavy atom. The number of hydrogen-bond acceptors (Lipinski definition) is 9. The van der Waals surface area contributed by atoms with Crippen molar-refractivity contribution >= 4 is 41.5 Å². The number of ketones is 1. The average molecular weight is 740 g/mol. The van der Waals surface area contributed by atoms with Gasteiger partial charge in [-0.05, 0) is 82.1 Å². The number of carbonyl (C=O) groups excluding carboxylic acids is 7. The van der Waals surface area contributed by atoms with Crippen molar-refractivity contribution in [2.75, 3.05) is 13.2 Å². The lowest BCUT2D eigenvalue weighted by molar-refractivity contribution is -0.158. The zero-order valence-corrected chi connectivity index (χ0v) is 31.7. The summed E-state index contributed by atoms with van der Waals surface area (Å²) >= 11 is 0. The predicted molar refractivity (Wildman–Crippen MR) is 195 cm³/mol. The van der Waals surface area contributed by atoms with E-state index in [1.807, 2.05) is 13.8 Å². The second-order valence-corrected chi connectivity index (χ2v) is 16.1. The van der Waals surface area contributed by atoms with Gasteiger partial charge in [0, 0.05) is 0 Å². The van der Waals surface area contributed by atoms with Gasteiger partial charge in [-0.1, -0.05) is 76.3 Å². The van der Waals surface area contributed by atoms with Crippen molar-refractivity contribution < 1.29 is 43.0 Å². The van der Waals surface area contributed by atoms with E-state index in [9.17, 15) is 33.6 Å². The van der Waals surface area contributed by atoms with Gasteiger partial charge in [0.1, 0.15) is 23.7 Å². The molecular formula is C39H57N5O9. The van der Waals surface area contributed by atoms with Crippen LogP contribution >= 0.6 is 0 Å². The van der Waals surface area contributed by atoms with Gasteiger partial charge in [0.05, 0.1) is 13.2 Å². The van der Waals surface area contributed by atoms with Crippen molar-refractivity contribution in [3.05, 3.63) is 35.9 Å². The molecular weight excluding hydrogens is 682 g/mol. The molecule has 0 aromatic heterocycles. The highest BCUT2D eigenvalue weighted by Gasteiger charge is 2.42. The fourth-order valence-electron chi connectivity index (χ4n) is 6.42. The number of carbonyl (C=O) groups is 7. The summed E-state index contributed by atoms with van der Waals surface area (Å²) in [5.41, 5.74) is -0.332. The number of Topliss-reactive ketones (excluding diaryl/α,β-unsaturated/α-hetero) is 1. The van der Waals surface area contributed by atoms with E-state index in [2.05, 4.69) is 26.6 Å². The van der Waals surface area contributed by atoms with Gasteiger partial charge < -0.3 is 36.1 Å². The van der Waals surface area contributed by atoms with Crippen LogP contribution in [0.3, 0.4) is 0 Å². The number of benzene rings is 1. The zero-order valence-electron chi connectivity index (χ0n) is 31.7. The Morgan fingerprint density at radius 1 is 0.755 bits per heavy atom. The predicted octanol–water partition coefficient (Wildman–Crippen LogP) is 3.38. The van der Waals surface area contributed by atoms with Gasteiger partial charge in [0.25, 0.3) is 5.91 Å². The van der Waals surface area contributed by atoms with E-state index in [4.69, 9.17) is 9.47 Å². The molecule has 3 aliphatic carbocycles. The van der Waals surface area contributed by atoms with Gasteiger partial charge in [-0.3, -0.25) is 24.0 Å². The highest BCUT2D eigenvalue weighted by molar-refractivity contribution is 6.38. The maximum atomic E-state index is 13.8. The molecule has 4 rings (SSSR count). The fraction of sp³-hybridized carbons (Fsp3) is 0.667. The van der Waals surface area contributed by atoms with Crippen LogP contribution < -0.4 is 26.6 Å². The largest absolute Gasteiger partial charge is 0.458 e. The molecule has 4 atom stereocenters. The average Bonchev–Trinajstić information content (AvgIpc) is 4.05. The first-order chi connectivity index (χ1) is 25.1. The maximum absolute atomic E-state index is 13.8. The first-order valence-electron chi connectivity index (χ1n) is 19.0. The van der Waals surface area contributed by atoms with Gasteiger partial charge in [0.2, 0.25) is 23.5 Å². The lowest BCUT2D eigenvalue weighted by Crippen LogP contribution is -2.59. The summed E-state index contributed by atoms with van der Waals surface area (Å²) in [5, 5.41) is 13.2. The lowest BCUT2D eigenvalue weighted by atomic mass is 9.83. The molecule has 292 valence electrons. The summed E-state index contributed by atoms with van der Waals surface area (Å²) in [6.07, 6.45) is 7.10. The van der Waals surface area contributed by atoms with E-state index in [-0.39, 0.29) is 30.3 Å². The molecule has 0 radical (unpaired) electrons. The van der Waals surface area contributed by atoms with Crippen LogP contribution in [0.15, 0.2) is 30.3 Å². The van der Waals surface area contributed by atoms with E-state index in [1.165, 1.54) is 0 Å². The number of rotatable bonds is 18. The first-order valence-corrected chi connectivity index (χ1v) is 19.0. The molecule has 5 N–H and O–H groups in total. The molecule has 3 fully saturated rings. The van der Waals surface area contributed by atoms with Gasteiger partial charge in [-0.25, -0.2) is 9.59 Å². The topological polar surface area (TPSA) is 198 Å². The highest BCUT2D eigenvalue weighted by Crippen LogP contribution is 2.35. The molecule has 0 spiro atoms. The number of nitrogens with one attached hydrogen (secondary N) is 5. The number of alkyl carbamates (subject to hydrolysis) is 1. The fourth-order valence-corrected chi connectivity index (χ4v) is 6.42. The Balaban J connectivity index is 1.38. The monoisotopic (exact) mass is 739 g/mol. The highest BCUT2D eigenvalue weighted by atomic mass is 16.6. The summed E-state index contributed by atoms with van der Waals surface area (Å²) in [4.78, 5) is 92.6. The summed E-state index contributed by atoms with van der Waals surface area (Å²) in [5.74, 6) is -4.51. The molecule has 0 bridgehead atoms. The van der Waals surface area contributed by atoms with Crippen LogP contribution in [0.1, 0.15) is 110 Å². The Hall–Kier alpha value is -4.49. The van der Waals surface area contributed by atoms with Crippen LogP contribution in [0.25, 0.3) is 0 Å². The van der Waals surface area contributed by atoms with E-state index >= 15 is 0 Å². The molecule has 0 saturated heterocycles. The lowest BCUT2D eigenvalue weighted by Gasteiger charge is -2.31. The van der Waals surface area contributed by atoms with Crippen molar-refractivity contribution in [3.8, 4) is 0 Å². The molecule has 1 aromatic rings. The van der Waals surface area contributed by atoms with Crippen molar-refractivity contribution in [1.82, 2.24) is 26.6 Å². The van der Waals surface area contributed by atoms with Gasteiger partial charge in [0.15, 0.2) is 6.04 Å². The first kappa shape index (κ1) is 41.3. The second-order valence-electron chi connectivity index (χ2n) is 16.1. The van der Waals surface area contributed by atoms with Crippen LogP contribution in [0.4, 0.5) is 4.79 Å². The second kappa shape index (κ2) is 19.0. The Bertz CT molecular complexity index is 1460. The molecule has 1 aromatic carbocycles. The third-order valence-corrected chi connectivity index (χ3v) is 9.51. The Labute approximate surface area is 312 Å². The minimum absolute atomic E-state index is 0.117. The minimum Gasteiger partial charge on any atom is -0.458 e. The van der Waals surface area contributed by atoms with Crippen LogP contribution in [-0.4, -0.2) is 78.4 Å². The summed E-state index contributed by atoms with van der Waals surface area (Å²) in [7, 11) is 0. The van der Waals surface area contributed by atoms with Gasteiger partial charge in [-0.15, -0.1) is 0 Å². The Morgan fingerprint density at radius 3 is 1.98 bits per heavy atom. The molecule has 3 aliphatic rings. The van der Waals surface area contributed by atoms with E-state index in [1.54, 1.807) is 51.1 Å². The molecule has 0 heterocycles. The molecule has 5 amide bonds. The van der Waals surface area contributed by atoms with E-state index in [0.29, 0.717) is 24.8 Å². The maximum Gasteiger partial charge on any atom is 0.407 e. The molecule has 4 unspecified atom stereocenters. The summed E-state index contributed by atoms with van der Waals surface area (Å²) < 4.78 is 10.8. The number of esters is 1. The summed E-state index contributed by atoms with van der Waals surface area (Å²) in [6, 6.07) is 4.33. The smallest absolute Gasteiger partial charge is 0.407 e. The van der Waals surface area contributed by atoms with Crippen LogP contribution in [0.2, 0.25) is 0 Å². The zero-order chi connectivity index (χ0) is 38.7. The van der Waals surface area contributed by atoms with Gasteiger partial charge in [-0.2, -0.15) is 0 Å². The van der Waals surface area contributed by atoms with Crippen molar-refractivity contribution in [2.24, 2.45) is 23.7 Å². The standard InChI is InChI=1S/C39H57N5O9/c1-23(2)22-52-38(51)44-31(25-12-8-6-9-13-25)35(48)41-28(20-24-16-17-24)34(47)43-30(27-18-19-27)33(46)36(49)40-21-29(45)42-32(26-14-10-7-11-15-26)37(50)53-39(3,4)5/h7,10-11,14-15,23-25,27-28,30-32H,6,8-9,12-13,16-22H2,1-5H3,(H,40,49)(H,41,48)(H,42,45)(H,43,47)(H,44,51). The van der Waals surface area contributed by atoms with E-state index in [0.717, 1.165) is 44.9 Å². The molecule has 0 aliphatic heterocycles. The third kappa shape index (κ3) is 13.8. The van der Waals surface area contributed by atoms with Gasteiger partial charge >= 0.3 is 12.1 Å². The number of hydrogen-bond donors (Lipinski definition) is 5. The SMILES string of the molecule is CC(C)COC(=O)NC(C(=O)NC(CC1CC1)C(=O)NC(C(=O)C(=O)NCC(=O)NC(C(=O)OC(C)(C)C)c1ccccc1)C1CC1)C1CCCCC1. The van der Waals surface area contributed by atoms with Crippen LogP contribution in [-0.2, 0) is 38.2 Å². The summed E-state index contributed by atoms with van der Waals surface area (Å²) in [6.45, 7) is 8.54. The normalized spacial score (nSPS) is 18.4. The molecule has 3 saturated carbocycles. The molecule has 53 heavy (non-hydrogen) atoms. The number of amides is 5. The molecule has 14 heteroatoms. The van der Waals surface area contributed by atoms with Crippen molar-refractivity contribution in [1.29, 1.82) is 0 Å². The quantitative estimate of drug-likeness (QED) is 0.111.